The number of halogens is 2. The third kappa shape index (κ3) is 4.15. The van der Waals surface area contributed by atoms with Gasteiger partial charge in [-0.1, -0.05) is 51.8 Å². The Balaban J connectivity index is 2.09. The minimum Gasteiger partial charge on any atom is -0.316 e. The summed E-state index contributed by atoms with van der Waals surface area (Å²) in [5, 5.41) is 3.28. The lowest BCUT2D eigenvalue weighted by molar-refractivity contribution is 0.532. The Hall–Kier alpha value is -1.19. The molecule has 0 amide bonds. The molecule has 0 spiro atoms. The molecule has 106 valence electrons. The topological polar surface area (TPSA) is 12.0 Å². The van der Waals surface area contributed by atoms with E-state index in [2.05, 4.69) is 52.4 Å². The molecule has 0 bridgehead atoms. The van der Waals surface area contributed by atoms with Gasteiger partial charge in [0, 0.05) is 10.5 Å². The van der Waals surface area contributed by atoms with Crippen molar-refractivity contribution in [1.29, 1.82) is 0 Å². The summed E-state index contributed by atoms with van der Waals surface area (Å²) in [5.74, 6) is -0.149. The first-order valence-corrected chi connectivity index (χ1v) is 7.54. The Kier molecular flexibility index (Phi) is 5.32. The summed E-state index contributed by atoms with van der Waals surface area (Å²) in [6.45, 7) is 2.09. The molecule has 1 unspecified atom stereocenters. The van der Waals surface area contributed by atoms with Crippen LogP contribution in [0, 0.1) is 12.7 Å². The fourth-order valence-corrected chi connectivity index (χ4v) is 2.69. The average Bonchev–Trinajstić information content (AvgIpc) is 2.41. The lowest BCUT2D eigenvalue weighted by Crippen LogP contribution is -2.30. The van der Waals surface area contributed by atoms with Gasteiger partial charge in [0.1, 0.15) is 5.82 Å². The van der Waals surface area contributed by atoms with Crippen LogP contribution in [0.4, 0.5) is 4.39 Å². The van der Waals surface area contributed by atoms with Gasteiger partial charge < -0.3 is 5.32 Å². The molecule has 0 saturated carbocycles. The third-order valence-corrected chi connectivity index (χ3v) is 3.95. The molecular formula is C17H19BrFN. The van der Waals surface area contributed by atoms with Crippen LogP contribution in [0.15, 0.2) is 46.9 Å². The van der Waals surface area contributed by atoms with Crippen molar-refractivity contribution in [1.82, 2.24) is 5.32 Å². The highest BCUT2D eigenvalue weighted by molar-refractivity contribution is 9.10. The highest BCUT2D eigenvalue weighted by Crippen LogP contribution is 2.18. The zero-order chi connectivity index (χ0) is 14.5. The van der Waals surface area contributed by atoms with E-state index in [9.17, 15) is 4.39 Å². The maximum Gasteiger partial charge on any atom is 0.127 e. The Morgan fingerprint density at radius 3 is 2.60 bits per heavy atom. The van der Waals surface area contributed by atoms with Crippen molar-refractivity contribution in [2.45, 2.75) is 25.8 Å². The minimum absolute atomic E-state index is 0.149. The summed E-state index contributed by atoms with van der Waals surface area (Å²) in [5.41, 5.74) is 3.29. The summed E-state index contributed by atoms with van der Waals surface area (Å²) < 4.78 is 14.7. The van der Waals surface area contributed by atoms with E-state index in [1.54, 1.807) is 0 Å². The molecule has 2 aromatic carbocycles. The predicted octanol–water partition coefficient (Wildman–Crippen LogP) is 4.27. The lowest BCUT2D eigenvalue weighted by Gasteiger charge is -2.17. The van der Waals surface area contributed by atoms with Crippen molar-refractivity contribution in [2.24, 2.45) is 0 Å². The third-order valence-electron chi connectivity index (χ3n) is 3.45. The van der Waals surface area contributed by atoms with E-state index in [0.29, 0.717) is 6.42 Å². The quantitative estimate of drug-likeness (QED) is 0.860. The van der Waals surface area contributed by atoms with Crippen molar-refractivity contribution in [3.63, 3.8) is 0 Å². The van der Waals surface area contributed by atoms with Gasteiger partial charge in [-0.15, -0.1) is 0 Å². The Labute approximate surface area is 128 Å². The molecule has 2 rings (SSSR count). The molecule has 20 heavy (non-hydrogen) atoms. The van der Waals surface area contributed by atoms with Crippen LogP contribution in [0.1, 0.15) is 16.7 Å². The molecule has 0 radical (unpaired) electrons. The molecule has 1 N–H and O–H groups in total. The van der Waals surface area contributed by atoms with Crippen LogP contribution in [0.3, 0.4) is 0 Å². The van der Waals surface area contributed by atoms with E-state index in [1.807, 2.05) is 19.2 Å². The standard InChI is InChI=1S/C17H19BrFN/c1-12-4-3-5-13(8-12)9-16(20-2)10-14-6-7-15(18)11-17(14)19/h3-8,11,16,20H,9-10H2,1-2H3. The minimum atomic E-state index is -0.149. The van der Waals surface area contributed by atoms with Crippen molar-refractivity contribution in [3.8, 4) is 0 Å². The maximum atomic E-state index is 13.9. The molecule has 0 saturated heterocycles. The summed E-state index contributed by atoms with van der Waals surface area (Å²) >= 11 is 3.29. The SMILES string of the molecule is CNC(Cc1cccc(C)c1)Cc1ccc(Br)cc1F. The van der Waals surface area contributed by atoms with Crippen molar-refractivity contribution >= 4 is 15.9 Å². The normalized spacial score (nSPS) is 12.4. The Morgan fingerprint density at radius 2 is 1.95 bits per heavy atom. The first kappa shape index (κ1) is 15.2. The fraction of sp³-hybridized carbons (Fsp3) is 0.294. The van der Waals surface area contributed by atoms with Gasteiger partial charge in [-0.25, -0.2) is 4.39 Å². The Bertz CT molecular complexity index is 583. The molecule has 0 heterocycles. The van der Waals surface area contributed by atoms with Gasteiger partial charge in [0.25, 0.3) is 0 Å². The highest BCUT2D eigenvalue weighted by atomic mass is 79.9. The van der Waals surface area contributed by atoms with Crippen LogP contribution in [-0.4, -0.2) is 13.1 Å². The van der Waals surface area contributed by atoms with Crippen molar-refractivity contribution < 1.29 is 4.39 Å². The van der Waals surface area contributed by atoms with Crippen LogP contribution in [0.5, 0.6) is 0 Å². The Morgan fingerprint density at radius 1 is 1.15 bits per heavy atom. The second-order valence-corrected chi connectivity index (χ2v) is 6.03. The number of nitrogens with one attached hydrogen (secondary N) is 1. The van der Waals surface area contributed by atoms with Crippen molar-refractivity contribution in [2.75, 3.05) is 7.05 Å². The maximum absolute atomic E-state index is 13.9. The second kappa shape index (κ2) is 7.00. The average molecular weight is 336 g/mol. The lowest BCUT2D eigenvalue weighted by atomic mass is 9.98. The van der Waals surface area contributed by atoms with E-state index in [4.69, 9.17) is 0 Å². The smallest absolute Gasteiger partial charge is 0.127 e. The summed E-state index contributed by atoms with van der Waals surface area (Å²) in [6, 6.07) is 13.9. The van der Waals surface area contributed by atoms with E-state index in [-0.39, 0.29) is 11.9 Å². The molecule has 1 nitrogen and oxygen atoms in total. The van der Waals surface area contributed by atoms with Crippen LogP contribution < -0.4 is 5.32 Å². The van der Waals surface area contributed by atoms with Crippen LogP contribution in [0.2, 0.25) is 0 Å². The van der Waals surface area contributed by atoms with E-state index >= 15 is 0 Å². The molecule has 0 aromatic heterocycles. The van der Waals surface area contributed by atoms with Crippen LogP contribution in [0.25, 0.3) is 0 Å². The van der Waals surface area contributed by atoms with E-state index in [0.717, 1.165) is 16.5 Å². The van der Waals surface area contributed by atoms with Crippen molar-refractivity contribution in [3.05, 3.63) is 69.4 Å². The first-order valence-electron chi connectivity index (χ1n) is 6.75. The second-order valence-electron chi connectivity index (χ2n) is 5.12. The first-order chi connectivity index (χ1) is 9.58. The van der Waals surface area contributed by atoms with Gasteiger partial charge in [-0.2, -0.15) is 0 Å². The molecule has 1 atom stereocenters. The number of likely N-dealkylation sites (N-methyl/N-ethyl adjacent to an activating group) is 1. The molecule has 0 fully saturated rings. The number of hydrogen-bond acceptors (Lipinski definition) is 1. The highest BCUT2D eigenvalue weighted by Gasteiger charge is 2.12. The van der Waals surface area contributed by atoms with Gasteiger partial charge in [0.05, 0.1) is 0 Å². The molecule has 0 aliphatic rings. The number of aryl methyl sites for hydroxylation is 1. The zero-order valence-corrected chi connectivity index (χ0v) is 13.4. The summed E-state index contributed by atoms with van der Waals surface area (Å²) in [4.78, 5) is 0. The van der Waals surface area contributed by atoms with Gasteiger partial charge in [0.15, 0.2) is 0 Å². The largest absolute Gasteiger partial charge is 0.316 e. The van der Waals surface area contributed by atoms with Crippen LogP contribution in [-0.2, 0) is 12.8 Å². The van der Waals surface area contributed by atoms with Gasteiger partial charge >= 0.3 is 0 Å². The van der Waals surface area contributed by atoms with Gasteiger partial charge in [-0.3, -0.25) is 0 Å². The zero-order valence-electron chi connectivity index (χ0n) is 11.8. The molecule has 3 heteroatoms. The van der Waals surface area contributed by atoms with Gasteiger partial charge in [-0.05, 0) is 50.1 Å². The monoisotopic (exact) mass is 335 g/mol. The summed E-state index contributed by atoms with van der Waals surface area (Å²) in [7, 11) is 1.93. The molecular weight excluding hydrogens is 317 g/mol. The fourth-order valence-electron chi connectivity index (χ4n) is 2.35. The molecule has 0 aliphatic carbocycles. The number of hydrogen-bond donors (Lipinski definition) is 1. The number of rotatable bonds is 5. The van der Waals surface area contributed by atoms with E-state index in [1.165, 1.54) is 17.2 Å². The molecule has 2 aromatic rings. The summed E-state index contributed by atoms with van der Waals surface area (Å²) in [6.07, 6.45) is 1.58. The predicted molar refractivity (Wildman–Crippen MR) is 85.5 cm³/mol. The molecule has 0 aliphatic heterocycles. The van der Waals surface area contributed by atoms with Crippen LogP contribution >= 0.6 is 15.9 Å². The van der Waals surface area contributed by atoms with E-state index < -0.39 is 0 Å². The van der Waals surface area contributed by atoms with Gasteiger partial charge in [0.2, 0.25) is 0 Å². The number of benzene rings is 2.